The van der Waals surface area contributed by atoms with E-state index in [0.717, 1.165) is 40.7 Å². The number of nitrogens with one attached hydrogen (secondary N) is 3. The summed E-state index contributed by atoms with van der Waals surface area (Å²) in [6, 6.07) is 13.6. The third-order valence-electron chi connectivity index (χ3n) is 4.82. The quantitative estimate of drug-likeness (QED) is 0.318. The highest BCUT2D eigenvalue weighted by molar-refractivity contribution is 6.04. The highest BCUT2D eigenvalue weighted by Gasteiger charge is 2.31. The molecule has 2 aromatic rings. The summed E-state index contributed by atoms with van der Waals surface area (Å²) in [5, 5.41) is 11.5. The van der Waals surface area contributed by atoms with Gasteiger partial charge >= 0.3 is 6.36 Å². The minimum atomic E-state index is -4.71. The summed E-state index contributed by atoms with van der Waals surface area (Å²) in [5.74, 6) is 1.26. The summed E-state index contributed by atoms with van der Waals surface area (Å²) in [4.78, 5) is 2.12. The van der Waals surface area contributed by atoms with E-state index in [-0.39, 0.29) is 5.75 Å². The van der Waals surface area contributed by atoms with Crippen molar-refractivity contribution >= 4 is 22.3 Å². The van der Waals surface area contributed by atoms with Gasteiger partial charge in [-0.1, -0.05) is 0 Å². The largest absolute Gasteiger partial charge is 0.573 e. The average molecular weight is 432 g/mol. The van der Waals surface area contributed by atoms with Crippen LogP contribution < -0.4 is 14.8 Å². The molecule has 2 aliphatic rings. The van der Waals surface area contributed by atoms with Crippen LogP contribution in [0.15, 0.2) is 48.5 Å². The molecule has 9 heteroatoms. The van der Waals surface area contributed by atoms with Crippen LogP contribution in [-0.2, 0) is 0 Å². The summed E-state index contributed by atoms with van der Waals surface area (Å²) in [7, 11) is 4.07. The van der Waals surface area contributed by atoms with Crippen molar-refractivity contribution < 1.29 is 22.6 Å². The topological polar surface area (TPSA) is 65.3 Å². The second-order valence-corrected chi connectivity index (χ2v) is 7.51. The zero-order valence-corrected chi connectivity index (χ0v) is 17.1. The number of H-pyrrole nitrogens is 2. The van der Waals surface area contributed by atoms with Crippen LogP contribution in [-0.4, -0.2) is 48.7 Å². The van der Waals surface area contributed by atoms with E-state index in [9.17, 15) is 13.2 Å². The number of aromatic amines is 2. The van der Waals surface area contributed by atoms with E-state index in [4.69, 9.17) is 4.74 Å². The van der Waals surface area contributed by atoms with E-state index < -0.39 is 6.36 Å². The number of aromatic nitrogens is 2. The third kappa shape index (κ3) is 5.05. The second kappa shape index (κ2) is 8.43. The van der Waals surface area contributed by atoms with Gasteiger partial charge in [0.2, 0.25) is 0 Å². The van der Waals surface area contributed by atoms with Crippen LogP contribution in [0.5, 0.6) is 11.5 Å². The zero-order chi connectivity index (χ0) is 22.0. The molecule has 0 unspecified atom stereocenters. The van der Waals surface area contributed by atoms with Crippen molar-refractivity contribution in [3.8, 4) is 22.8 Å². The standard InChI is InChI=1S/C22H23F3N4O2/c1-29(2)10-3-11-30-17-8-9-18-14(12-17)13-19-20(18)27-28-21(19)26-15-4-6-16(7-5-15)31-22(23,24)25/h4-9,12-13,26-28H,3,10-11H2,1-2H3. The molecular weight excluding hydrogens is 409 g/mol. The van der Waals surface area contributed by atoms with Gasteiger partial charge < -0.3 is 19.7 Å². The molecule has 0 fully saturated rings. The number of nitrogens with zero attached hydrogens (tertiary/aromatic N) is 1. The Morgan fingerprint density at radius 3 is 2.42 bits per heavy atom. The number of hydrogen-bond donors (Lipinski definition) is 3. The monoisotopic (exact) mass is 432 g/mol. The van der Waals surface area contributed by atoms with Gasteiger partial charge in [0.15, 0.2) is 0 Å². The Bertz CT molecular complexity index is 1120. The molecule has 0 saturated carbocycles. The SMILES string of the molecule is CN(C)CCCOc1ccc2c3[nH][nH]c(Nc4ccc(OC(F)(F)F)cc4)c-3cc2c1. The molecule has 31 heavy (non-hydrogen) atoms. The summed E-state index contributed by atoms with van der Waals surface area (Å²) in [6.45, 7) is 1.62. The maximum atomic E-state index is 12.3. The first kappa shape index (κ1) is 20.9. The first-order valence-corrected chi connectivity index (χ1v) is 9.82. The summed E-state index contributed by atoms with van der Waals surface area (Å²) in [5.41, 5.74) is 2.51. The summed E-state index contributed by atoms with van der Waals surface area (Å²) >= 11 is 0. The number of ether oxygens (including phenoxy) is 2. The maximum absolute atomic E-state index is 12.3. The van der Waals surface area contributed by atoms with Crippen molar-refractivity contribution in [2.75, 3.05) is 32.6 Å². The fraction of sp³-hybridized carbons (Fsp3) is 0.273. The Hall–Kier alpha value is -3.33. The maximum Gasteiger partial charge on any atom is 0.573 e. The lowest BCUT2D eigenvalue weighted by Gasteiger charge is -2.10. The molecule has 0 amide bonds. The molecule has 0 aromatic heterocycles. The molecule has 3 N–H and O–H groups in total. The van der Waals surface area contributed by atoms with Gasteiger partial charge in [-0.2, -0.15) is 0 Å². The molecule has 164 valence electrons. The molecule has 2 aromatic carbocycles. The van der Waals surface area contributed by atoms with Crippen molar-refractivity contribution in [2.45, 2.75) is 12.8 Å². The van der Waals surface area contributed by atoms with Crippen molar-refractivity contribution in [3.63, 3.8) is 0 Å². The van der Waals surface area contributed by atoms with E-state index >= 15 is 0 Å². The minimum absolute atomic E-state index is 0.265. The van der Waals surface area contributed by atoms with Crippen LogP contribution in [0.1, 0.15) is 6.42 Å². The highest BCUT2D eigenvalue weighted by atomic mass is 19.4. The van der Waals surface area contributed by atoms with E-state index in [1.807, 2.05) is 38.4 Å². The number of fused-ring (bicyclic) bond motifs is 3. The summed E-state index contributed by atoms with van der Waals surface area (Å²) in [6.07, 6.45) is -3.76. The Morgan fingerprint density at radius 1 is 0.968 bits per heavy atom. The van der Waals surface area contributed by atoms with Gasteiger partial charge in [-0.25, -0.2) is 0 Å². The van der Waals surface area contributed by atoms with Crippen molar-refractivity contribution in [1.82, 2.24) is 15.1 Å². The molecule has 0 atom stereocenters. The lowest BCUT2D eigenvalue weighted by atomic mass is 10.2. The smallest absolute Gasteiger partial charge is 0.494 e. The number of hydrogen-bond acceptors (Lipinski definition) is 4. The van der Waals surface area contributed by atoms with Gasteiger partial charge in [-0.3, -0.25) is 10.2 Å². The van der Waals surface area contributed by atoms with E-state index in [0.29, 0.717) is 18.1 Å². The van der Waals surface area contributed by atoms with Gasteiger partial charge in [0.05, 0.1) is 12.3 Å². The summed E-state index contributed by atoms with van der Waals surface area (Å²) < 4.78 is 46.7. The van der Waals surface area contributed by atoms with Gasteiger partial charge in [0.25, 0.3) is 0 Å². The van der Waals surface area contributed by atoms with Gasteiger partial charge in [-0.15, -0.1) is 13.2 Å². The van der Waals surface area contributed by atoms with Crippen molar-refractivity contribution in [1.29, 1.82) is 0 Å². The van der Waals surface area contributed by atoms with Crippen LogP contribution in [0.3, 0.4) is 0 Å². The number of benzene rings is 2. The van der Waals surface area contributed by atoms with Crippen LogP contribution in [0.25, 0.3) is 22.0 Å². The molecule has 1 aliphatic carbocycles. The molecule has 1 aliphatic heterocycles. The molecule has 1 heterocycles. The van der Waals surface area contributed by atoms with E-state index in [1.54, 1.807) is 0 Å². The van der Waals surface area contributed by atoms with Crippen LogP contribution >= 0.6 is 0 Å². The fourth-order valence-electron chi connectivity index (χ4n) is 3.43. The molecule has 6 nitrogen and oxygen atoms in total. The predicted molar refractivity (Wildman–Crippen MR) is 114 cm³/mol. The van der Waals surface area contributed by atoms with E-state index in [1.165, 1.54) is 24.3 Å². The average Bonchev–Trinajstić information content (AvgIpc) is 3.25. The first-order valence-electron chi connectivity index (χ1n) is 9.82. The molecular formula is C22H23F3N4O2. The third-order valence-corrected chi connectivity index (χ3v) is 4.82. The molecule has 0 radical (unpaired) electrons. The minimum Gasteiger partial charge on any atom is -0.494 e. The molecule has 0 saturated heterocycles. The lowest BCUT2D eigenvalue weighted by Crippen LogP contribution is -2.16. The Labute approximate surface area is 177 Å². The van der Waals surface area contributed by atoms with Gasteiger partial charge in [0.1, 0.15) is 17.3 Å². The molecule has 0 spiro atoms. The molecule has 4 rings (SSSR count). The highest BCUT2D eigenvalue weighted by Crippen LogP contribution is 2.39. The van der Waals surface area contributed by atoms with Gasteiger partial charge in [-0.05, 0) is 74.4 Å². The lowest BCUT2D eigenvalue weighted by molar-refractivity contribution is -0.274. The Morgan fingerprint density at radius 2 is 1.71 bits per heavy atom. The Balaban J connectivity index is 1.48. The van der Waals surface area contributed by atoms with Crippen molar-refractivity contribution in [2.24, 2.45) is 0 Å². The number of halogens is 3. The Kier molecular flexibility index (Phi) is 5.69. The van der Waals surface area contributed by atoms with Crippen LogP contribution in [0, 0.1) is 0 Å². The van der Waals surface area contributed by atoms with Crippen LogP contribution in [0.2, 0.25) is 0 Å². The molecule has 0 bridgehead atoms. The predicted octanol–water partition coefficient (Wildman–Crippen LogP) is 5.57. The van der Waals surface area contributed by atoms with Crippen LogP contribution in [0.4, 0.5) is 24.7 Å². The number of anilines is 2. The second-order valence-electron chi connectivity index (χ2n) is 7.51. The van der Waals surface area contributed by atoms with Gasteiger partial charge in [0, 0.05) is 23.2 Å². The normalized spacial score (nSPS) is 12.1. The number of alkyl halides is 3. The van der Waals surface area contributed by atoms with Crippen molar-refractivity contribution in [3.05, 3.63) is 48.5 Å². The fourth-order valence-corrected chi connectivity index (χ4v) is 3.43. The number of rotatable bonds is 8. The first-order chi connectivity index (χ1) is 14.8. The van der Waals surface area contributed by atoms with E-state index in [2.05, 4.69) is 25.2 Å². The zero-order valence-electron chi connectivity index (χ0n) is 17.1.